The van der Waals surface area contributed by atoms with Crippen molar-refractivity contribution in [3.8, 4) is 0 Å². The van der Waals surface area contributed by atoms with Gasteiger partial charge in [0, 0.05) is 5.75 Å². The minimum atomic E-state index is -0.346. The lowest BCUT2D eigenvalue weighted by Gasteiger charge is -2.32. The van der Waals surface area contributed by atoms with Crippen LogP contribution in [-0.4, -0.2) is 24.1 Å². The Hall–Kier alpha value is -1.49. The van der Waals surface area contributed by atoms with Gasteiger partial charge in [-0.05, 0) is 56.3 Å². The fourth-order valence-electron chi connectivity index (χ4n) is 2.96. The van der Waals surface area contributed by atoms with Gasteiger partial charge < -0.3 is 9.31 Å². The molecule has 3 rings (SSSR count). The summed E-state index contributed by atoms with van der Waals surface area (Å²) in [5.41, 5.74) is 4.14. The molecule has 0 atom stereocenters. The van der Waals surface area contributed by atoms with Gasteiger partial charge in [0.05, 0.1) is 11.2 Å². The monoisotopic (exact) mass is 366 g/mol. The van der Waals surface area contributed by atoms with Gasteiger partial charge in [0.2, 0.25) is 0 Å². The molecule has 2 aromatic carbocycles. The summed E-state index contributed by atoms with van der Waals surface area (Å²) >= 11 is 4.49. The molecule has 1 saturated heterocycles. The summed E-state index contributed by atoms with van der Waals surface area (Å²) in [7, 11) is -0.346. The minimum Gasteiger partial charge on any atom is -0.400 e. The first kappa shape index (κ1) is 19.3. The Balaban J connectivity index is 1.74. The fraction of sp³-hybridized carbons (Fsp3) is 0.364. The molecule has 0 amide bonds. The lowest BCUT2D eigenvalue weighted by molar-refractivity contribution is 0.00578. The molecule has 2 nitrogen and oxygen atoms in total. The number of thiol groups is 1. The molecule has 0 bridgehead atoms. The predicted octanol–water partition coefficient (Wildman–Crippen LogP) is 5.22. The number of rotatable bonds is 5. The van der Waals surface area contributed by atoms with Gasteiger partial charge in [-0.15, -0.1) is 0 Å². The van der Waals surface area contributed by atoms with E-state index in [4.69, 9.17) is 9.31 Å². The molecule has 0 aliphatic carbocycles. The van der Waals surface area contributed by atoms with Crippen LogP contribution in [0.3, 0.4) is 0 Å². The molecule has 1 aliphatic rings. The largest absolute Gasteiger partial charge is 0.491 e. The Kier molecular flexibility index (Phi) is 5.66. The van der Waals surface area contributed by atoms with Crippen molar-refractivity contribution in [1.29, 1.82) is 0 Å². The van der Waals surface area contributed by atoms with Crippen molar-refractivity contribution in [2.45, 2.75) is 45.3 Å². The summed E-state index contributed by atoms with van der Waals surface area (Å²) in [4.78, 5) is 0. The van der Waals surface area contributed by atoms with Crippen LogP contribution in [-0.2, 0) is 15.7 Å². The van der Waals surface area contributed by atoms with E-state index in [-0.39, 0.29) is 18.3 Å². The summed E-state index contributed by atoms with van der Waals surface area (Å²) in [5, 5.41) is 0. The van der Waals surface area contributed by atoms with Gasteiger partial charge in [0.15, 0.2) is 0 Å². The summed E-state index contributed by atoms with van der Waals surface area (Å²) < 4.78 is 12.3. The predicted molar refractivity (Wildman–Crippen MR) is 114 cm³/mol. The van der Waals surface area contributed by atoms with Crippen molar-refractivity contribution in [2.75, 3.05) is 5.75 Å². The van der Waals surface area contributed by atoms with Gasteiger partial charge in [-0.25, -0.2) is 0 Å². The molecular formula is C22H27BO2S. The molecular weight excluding hydrogens is 339 g/mol. The van der Waals surface area contributed by atoms with Gasteiger partial charge in [-0.3, -0.25) is 0 Å². The van der Waals surface area contributed by atoms with Crippen molar-refractivity contribution >= 4 is 25.8 Å². The zero-order chi connectivity index (χ0) is 18.8. The molecule has 1 fully saturated rings. The fourth-order valence-corrected chi connectivity index (χ4v) is 3.20. The van der Waals surface area contributed by atoms with E-state index in [1.807, 2.05) is 6.07 Å². The Bertz CT molecular complexity index is 750. The Labute approximate surface area is 163 Å². The van der Waals surface area contributed by atoms with Crippen LogP contribution >= 0.6 is 12.6 Å². The second-order valence-electron chi connectivity index (χ2n) is 7.87. The normalized spacial score (nSPS) is 19.0. The summed E-state index contributed by atoms with van der Waals surface area (Å²) in [6, 6.07) is 19.2. The van der Waals surface area contributed by atoms with E-state index in [0.717, 1.165) is 17.5 Å². The van der Waals surface area contributed by atoms with E-state index < -0.39 is 0 Å². The number of hydrogen-bond acceptors (Lipinski definition) is 3. The van der Waals surface area contributed by atoms with E-state index in [0.29, 0.717) is 5.75 Å². The van der Waals surface area contributed by atoms with Gasteiger partial charge in [0.1, 0.15) is 0 Å². The first-order chi connectivity index (χ1) is 12.3. The molecule has 136 valence electrons. The van der Waals surface area contributed by atoms with Crippen LogP contribution in [0, 0.1) is 0 Å². The third-order valence-corrected chi connectivity index (χ3v) is 5.69. The van der Waals surface area contributed by atoms with Crippen LogP contribution in [0.25, 0.3) is 6.08 Å². The third-order valence-electron chi connectivity index (χ3n) is 5.32. The molecule has 0 saturated carbocycles. The van der Waals surface area contributed by atoms with Crippen LogP contribution in [0.5, 0.6) is 0 Å². The maximum atomic E-state index is 6.15. The Morgan fingerprint density at radius 2 is 1.42 bits per heavy atom. The van der Waals surface area contributed by atoms with Crippen molar-refractivity contribution < 1.29 is 9.31 Å². The molecule has 26 heavy (non-hydrogen) atoms. The van der Waals surface area contributed by atoms with Crippen LogP contribution in [0.15, 0.2) is 60.1 Å². The summed E-state index contributed by atoms with van der Waals surface area (Å²) in [6.07, 6.45) is 3.07. The van der Waals surface area contributed by atoms with Crippen LogP contribution in [0.4, 0.5) is 0 Å². The molecule has 2 aromatic rings. The van der Waals surface area contributed by atoms with E-state index in [9.17, 15) is 0 Å². The summed E-state index contributed by atoms with van der Waals surface area (Å²) in [5.74, 6) is 0.600. The highest BCUT2D eigenvalue weighted by molar-refractivity contribution is 7.80. The maximum Gasteiger partial charge on any atom is 0.491 e. The quantitative estimate of drug-likeness (QED) is 0.578. The number of benzene rings is 2. The number of hydrogen-bond donors (Lipinski definition) is 1. The maximum absolute atomic E-state index is 6.15. The first-order valence-electron chi connectivity index (χ1n) is 9.10. The summed E-state index contributed by atoms with van der Waals surface area (Å²) in [6.45, 7) is 8.28. The van der Waals surface area contributed by atoms with E-state index in [2.05, 4.69) is 94.9 Å². The zero-order valence-electron chi connectivity index (χ0n) is 16.0. The third kappa shape index (κ3) is 4.25. The van der Waals surface area contributed by atoms with Crippen molar-refractivity contribution in [3.63, 3.8) is 0 Å². The smallest absolute Gasteiger partial charge is 0.400 e. The molecule has 0 unspecified atom stereocenters. The lowest BCUT2D eigenvalue weighted by Crippen LogP contribution is -2.41. The van der Waals surface area contributed by atoms with Crippen LogP contribution in [0.2, 0.25) is 0 Å². The average Bonchev–Trinajstić information content (AvgIpc) is 2.82. The van der Waals surface area contributed by atoms with Gasteiger partial charge in [-0.1, -0.05) is 60.7 Å². The highest BCUT2D eigenvalue weighted by Gasteiger charge is 2.52. The van der Waals surface area contributed by atoms with E-state index in [1.54, 1.807) is 0 Å². The average molecular weight is 366 g/mol. The highest BCUT2D eigenvalue weighted by Crippen LogP contribution is 2.39. The van der Waals surface area contributed by atoms with Gasteiger partial charge >= 0.3 is 7.12 Å². The molecule has 4 heteroatoms. The van der Waals surface area contributed by atoms with E-state index >= 15 is 0 Å². The van der Waals surface area contributed by atoms with Crippen molar-refractivity contribution in [1.82, 2.24) is 0 Å². The van der Waals surface area contributed by atoms with Crippen LogP contribution < -0.4 is 0 Å². The molecule has 0 aromatic heterocycles. The highest BCUT2D eigenvalue weighted by atomic mass is 32.1. The van der Waals surface area contributed by atoms with E-state index in [1.165, 1.54) is 11.1 Å². The second kappa shape index (κ2) is 7.63. The SMILES string of the molecule is CC1(C)OB(C(=Cc2ccc(Cc3ccccc3)cc2)CS)OC1(C)C. The molecule has 0 radical (unpaired) electrons. The molecule has 0 N–H and O–H groups in total. The topological polar surface area (TPSA) is 18.5 Å². The van der Waals surface area contributed by atoms with Gasteiger partial charge in [-0.2, -0.15) is 12.6 Å². The standard InChI is InChI=1S/C22H27BO2S/c1-21(2)22(3,4)25-23(24-21)20(16-26)15-19-12-10-18(11-13-19)14-17-8-6-5-7-9-17/h5-13,15,26H,14,16H2,1-4H3. The lowest BCUT2D eigenvalue weighted by atomic mass is 9.78. The minimum absolute atomic E-state index is 0.334. The molecule has 0 spiro atoms. The zero-order valence-corrected chi connectivity index (χ0v) is 16.9. The Morgan fingerprint density at radius 3 is 1.96 bits per heavy atom. The van der Waals surface area contributed by atoms with Crippen molar-refractivity contribution in [2.24, 2.45) is 0 Å². The molecule has 1 aliphatic heterocycles. The van der Waals surface area contributed by atoms with Gasteiger partial charge in [0.25, 0.3) is 0 Å². The molecule has 1 heterocycles. The second-order valence-corrected chi connectivity index (χ2v) is 8.19. The van der Waals surface area contributed by atoms with Crippen LogP contribution in [0.1, 0.15) is 44.4 Å². The Morgan fingerprint density at radius 1 is 0.885 bits per heavy atom. The van der Waals surface area contributed by atoms with Crippen molar-refractivity contribution in [3.05, 3.63) is 76.8 Å². The first-order valence-corrected chi connectivity index (χ1v) is 9.74.